The maximum absolute atomic E-state index is 12.4. The second-order valence-corrected chi connectivity index (χ2v) is 4.97. The number of hydrogen-bond donors (Lipinski definition) is 1. The van der Waals surface area contributed by atoms with E-state index >= 15 is 0 Å². The molecule has 1 aliphatic heterocycles. The van der Waals surface area contributed by atoms with Gasteiger partial charge in [0.1, 0.15) is 0 Å². The van der Waals surface area contributed by atoms with Crippen LogP contribution in [0.4, 0.5) is 5.69 Å². The molecule has 5 nitrogen and oxygen atoms in total. The molecule has 1 fully saturated rings. The first kappa shape index (κ1) is 13.5. The minimum absolute atomic E-state index is 0.0157. The highest BCUT2D eigenvalue weighted by Gasteiger charge is 2.30. The van der Waals surface area contributed by atoms with Crippen LogP contribution in [0.15, 0.2) is 24.3 Å². The number of carboxylic acid groups (broad SMARTS) is 1. The monoisotopic (exact) mass is 262 g/mol. The van der Waals surface area contributed by atoms with Gasteiger partial charge in [-0.3, -0.25) is 4.79 Å². The highest BCUT2D eigenvalue weighted by atomic mass is 16.4. The van der Waals surface area contributed by atoms with Crippen LogP contribution in [-0.4, -0.2) is 49.1 Å². The van der Waals surface area contributed by atoms with Gasteiger partial charge in [0.15, 0.2) is 0 Å². The number of aromatic carboxylic acids is 1. The molecule has 0 bridgehead atoms. The molecule has 0 saturated carbocycles. The van der Waals surface area contributed by atoms with E-state index in [1.54, 1.807) is 25.2 Å². The van der Waals surface area contributed by atoms with Crippen molar-refractivity contribution in [2.45, 2.75) is 6.42 Å². The Morgan fingerprint density at radius 2 is 2.05 bits per heavy atom. The van der Waals surface area contributed by atoms with Crippen molar-refractivity contribution in [3.63, 3.8) is 0 Å². The zero-order chi connectivity index (χ0) is 14.0. The molecule has 0 aliphatic carbocycles. The Morgan fingerprint density at radius 3 is 2.63 bits per heavy atom. The fourth-order valence-corrected chi connectivity index (χ4v) is 2.48. The van der Waals surface area contributed by atoms with Gasteiger partial charge in [0.2, 0.25) is 5.91 Å². The number of amides is 1. The molecule has 0 aromatic heterocycles. The molecule has 0 radical (unpaired) electrons. The van der Waals surface area contributed by atoms with E-state index < -0.39 is 5.97 Å². The lowest BCUT2D eigenvalue weighted by atomic mass is 10.1. The lowest BCUT2D eigenvalue weighted by molar-refractivity contribution is -0.121. The van der Waals surface area contributed by atoms with E-state index in [9.17, 15) is 9.59 Å². The zero-order valence-electron chi connectivity index (χ0n) is 11.2. The van der Waals surface area contributed by atoms with Gasteiger partial charge in [-0.1, -0.05) is 12.1 Å². The zero-order valence-corrected chi connectivity index (χ0v) is 11.2. The number of rotatable bonds is 3. The second kappa shape index (κ2) is 5.40. The minimum Gasteiger partial charge on any atom is -0.478 e. The van der Waals surface area contributed by atoms with Crippen molar-refractivity contribution in [1.29, 1.82) is 0 Å². The van der Waals surface area contributed by atoms with Crippen molar-refractivity contribution in [2.75, 3.05) is 32.1 Å². The smallest absolute Gasteiger partial charge is 0.337 e. The molecule has 19 heavy (non-hydrogen) atoms. The molecule has 1 N–H and O–H groups in total. The summed E-state index contributed by atoms with van der Waals surface area (Å²) in [5.41, 5.74) is 0.610. The van der Waals surface area contributed by atoms with Crippen molar-refractivity contribution in [3.8, 4) is 0 Å². The molecule has 1 atom stereocenters. The molecule has 5 heteroatoms. The number of likely N-dealkylation sites (tertiary alicyclic amines) is 1. The van der Waals surface area contributed by atoms with E-state index in [0.29, 0.717) is 5.69 Å². The van der Waals surface area contributed by atoms with Gasteiger partial charge in [0.05, 0.1) is 17.2 Å². The number of para-hydroxylation sites is 1. The van der Waals surface area contributed by atoms with Gasteiger partial charge in [0.25, 0.3) is 0 Å². The quantitative estimate of drug-likeness (QED) is 0.892. The van der Waals surface area contributed by atoms with Gasteiger partial charge < -0.3 is 14.9 Å². The van der Waals surface area contributed by atoms with Crippen LogP contribution < -0.4 is 4.90 Å². The van der Waals surface area contributed by atoms with Crippen molar-refractivity contribution >= 4 is 17.6 Å². The molecular formula is C14H18N2O3. The number of carboxylic acids is 1. The van der Waals surface area contributed by atoms with E-state index in [1.165, 1.54) is 11.0 Å². The lowest BCUT2D eigenvalue weighted by Gasteiger charge is -2.22. The minimum atomic E-state index is -1.02. The Labute approximate surface area is 112 Å². The number of benzene rings is 1. The summed E-state index contributed by atoms with van der Waals surface area (Å²) in [7, 11) is 3.63. The van der Waals surface area contributed by atoms with E-state index in [0.717, 1.165) is 19.5 Å². The summed E-state index contributed by atoms with van der Waals surface area (Å²) in [6, 6.07) is 6.59. The Hall–Kier alpha value is -1.88. The molecule has 1 saturated heterocycles. The largest absolute Gasteiger partial charge is 0.478 e. The average Bonchev–Trinajstić information content (AvgIpc) is 2.83. The topological polar surface area (TPSA) is 60.9 Å². The maximum Gasteiger partial charge on any atom is 0.337 e. The van der Waals surface area contributed by atoms with Gasteiger partial charge in [-0.2, -0.15) is 0 Å². The van der Waals surface area contributed by atoms with Crippen molar-refractivity contribution < 1.29 is 14.7 Å². The number of carbonyl (C=O) groups excluding carboxylic acids is 1. The van der Waals surface area contributed by atoms with Crippen LogP contribution in [0.25, 0.3) is 0 Å². The van der Waals surface area contributed by atoms with Crippen LogP contribution in [0.5, 0.6) is 0 Å². The second-order valence-electron chi connectivity index (χ2n) is 4.97. The summed E-state index contributed by atoms with van der Waals surface area (Å²) >= 11 is 0. The van der Waals surface area contributed by atoms with Crippen molar-refractivity contribution in [2.24, 2.45) is 5.92 Å². The van der Waals surface area contributed by atoms with Crippen LogP contribution in [0.3, 0.4) is 0 Å². The summed E-state index contributed by atoms with van der Waals surface area (Å²) in [6.07, 6.45) is 0.828. The molecule has 0 spiro atoms. The number of carbonyl (C=O) groups is 2. The summed E-state index contributed by atoms with van der Waals surface area (Å²) < 4.78 is 0. The standard InChI is InChI=1S/C14H18N2O3/c1-15-8-7-10(9-15)13(17)16(2)12-6-4-3-5-11(12)14(18)19/h3-6,10H,7-9H2,1-2H3,(H,18,19). The molecule has 2 rings (SSSR count). The summed E-state index contributed by atoms with van der Waals surface area (Å²) in [5.74, 6) is -1.08. The van der Waals surface area contributed by atoms with Gasteiger partial charge in [-0.25, -0.2) is 4.79 Å². The molecule has 1 amide bonds. The van der Waals surface area contributed by atoms with Gasteiger partial charge in [0, 0.05) is 13.6 Å². The maximum atomic E-state index is 12.4. The molecule has 1 unspecified atom stereocenters. The number of anilines is 1. The SMILES string of the molecule is CN1CCC(C(=O)N(C)c2ccccc2C(=O)O)C1. The predicted octanol–water partition coefficient (Wildman–Crippen LogP) is 1.30. The van der Waals surface area contributed by atoms with Crippen LogP contribution >= 0.6 is 0 Å². The van der Waals surface area contributed by atoms with Crippen LogP contribution in [-0.2, 0) is 4.79 Å². The number of nitrogens with zero attached hydrogens (tertiary/aromatic N) is 2. The summed E-state index contributed by atoms with van der Waals surface area (Å²) in [4.78, 5) is 27.1. The van der Waals surface area contributed by atoms with Crippen LogP contribution in [0.1, 0.15) is 16.8 Å². The summed E-state index contributed by atoms with van der Waals surface area (Å²) in [5, 5.41) is 9.16. The average molecular weight is 262 g/mol. The van der Waals surface area contributed by atoms with E-state index in [4.69, 9.17) is 5.11 Å². The Balaban J connectivity index is 2.22. The van der Waals surface area contributed by atoms with Crippen molar-refractivity contribution in [3.05, 3.63) is 29.8 Å². The Bertz CT molecular complexity index is 501. The molecular weight excluding hydrogens is 244 g/mol. The van der Waals surface area contributed by atoms with Crippen LogP contribution in [0, 0.1) is 5.92 Å². The van der Waals surface area contributed by atoms with Gasteiger partial charge in [-0.05, 0) is 32.1 Å². The Kier molecular flexibility index (Phi) is 3.85. The van der Waals surface area contributed by atoms with Gasteiger partial charge in [-0.15, -0.1) is 0 Å². The van der Waals surface area contributed by atoms with E-state index in [-0.39, 0.29) is 17.4 Å². The molecule has 1 heterocycles. The lowest BCUT2D eigenvalue weighted by Crippen LogP contribution is -2.35. The fraction of sp³-hybridized carbons (Fsp3) is 0.429. The normalized spacial score (nSPS) is 19.4. The number of hydrogen-bond acceptors (Lipinski definition) is 3. The first-order valence-electron chi connectivity index (χ1n) is 6.29. The highest BCUT2D eigenvalue weighted by Crippen LogP contribution is 2.24. The third-order valence-electron chi connectivity index (χ3n) is 3.57. The molecule has 102 valence electrons. The highest BCUT2D eigenvalue weighted by molar-refractivity contribution is 6.02. The van der Waals surface area contributed by atoms with E-state index in [1.807, 2.05) is 7.05 Å². The van der Waals surface area contributed by atoms with E-state index in [2.05, 4.69) is 4.90 Å². The third kappa shape index (κ3) is 2.76. The summed E-state index contributed by atoms with van der Waals surface area (Å²) in [6.45, 7) is 1.64. The van der Waals surface area contributed by atoms with Gasteiger partial charge >= 0.3 is 5.97 Å². The third-order valence-corrected chi connectivity index (χ3v) is 3.57. The first-order valence-corrected chi connectivity index (χ1v) is 6.29. The molecule has 1 aromatic rings. The fourth-order valence-electron chi connectivity index (χ4n) is 2.48. The van der Waals surface area contributed by atoms with Crippen molar-refractivity contribution in [1.82, 2.24) is 4.90 Å². The first-order chi connectivity index (χ1) is 9.00. The Morgan fingerprint density at radius 1 is 1.37 bits per heavy atom. The molecule has 1 aromatic carbocycles. The predicted molar refractivity (Wildman–Crippen MR) is 72.4 cm³/mol. The molecule has 1 aliphatic rings. The van der Waals surface area contributed by atoms with Crippen LogP contribution in [0.2, 0.25) is 0 Å².